The van der Waals surface area contributed by atoms with Gasteiger partial charge in [-0.25, -0.2) is 5.84 Å². The molecule has 12 heavy (non-hydrogen) atoms. The average molecular weight is 164 g/mol. The fourth-order valence-corrected chi connectivity index (χ4v) is 0.761. The van der Waals surface area contributed by atoms with Gasteiger partial charge >= 0.3 is 0 Å². The van der Waals surface area contributed by atoms with Crippen LogP contribution in [0.5, 0.6) is 0 Å². The average Bonchev–Trinajstić information content (AvgIpc) is 1.98. The number of hydrazine groups is 1. The van der Waals surface area contributed by atoms with Crippen molar-refractivity contribution in [1.29, 1.82) is 0 Å². The molecular weight excluding hydrogens is 148 g/mol. The minimum Gasteiger partial charge on any atom is -0.314 e. The van der Waals surface area contributed by atoms with Crippen LogP contribution in [0.25, 0.3) is 0 Å². The normalized spacial score (nSPS) is 10.8. The van der Waals surface area contributed by atoms with Crippen LogP contribution >= 0.6 is 0 Å². The summed E-state index contributed by atoms with van der Waals surface area (Å²) in [5.74, 6) is 5.57. The molecular formula is C10H16N2. The van der Waals surface area contributed by atoms with Crippen molar-refractivity contribution in [3.8, 4) is 0 Å². The predicted molar refractivity (Wildman–Crippen MR) is 54.2 cm³/mol. The summed E-state index contributed by atoms with van der Waals surface area (Å²) in [5, 5.41) is 1.51. The lowest BCUT2D eigenvalue weighted by Gasteiger charge is -2.16. The van der Waals surface area contributed by atoms with Gasteiger partial charge in [0.1, 0.15) is 0 Å². The van der Waals surface area contributed by atoms with E-state index in [1.165, 1.54) is 5.01 Å². The van der Waals surface area contributed by atoms with Gasteiger partial charge in [-0.3, -0.25) is 0 Å². The van der Waals surface area contributed by atoms with E-state index in [2.05, 4.69) is 19.7 Å². The Morgan fingerprint density at radius 2 is 1.92 bits per heavy atom. The van der Waals surface area contributed by atoms with Gasteiger partial charge in [0.25, 0.3) is 0 Å². The molecule has 0 fully saturated rings. The zero-order chi connectivity index (χ0) is 9.72. The molecule has 0 aromatic carbocycles. The summed E-state index contributed by atoms with van der Waals surface area (Å²) in [6.45, 7) is 13.1. The molecule has 0 aliphatic carbocycles. The first kappa shape index (κ1) is 10.7. The van der Waals surface area contributed by atoms with Crippen LogP contribution in [-0.4, -0.2) is 12.1 Å². The number of hydrogen-bond acceptors (Lipinski definition) is 2. The van der Waals surface area contributed by atoms with E-state index in [9.17, 15) is 0 Å². The van der Waals surface area contributed by atoms with Crippen molar-refractivity contribution in [2.75, 3.05) is 7.05 Å². The maximum Gasteiger partial charge on any atom is 0.0542 e. The molecule has 0 saturated heterocycles. The predicted octanol–water partition coefficient (Wildman–Crippen LogP) is 1.99. The highest BCUT2D eigenvalue weighted by atomic mass is 15.4. The Hall–Kier alpha value is -1.28. The fourth-order valence-electron chi connectivity index (χ4n) is 0.761. The third-order valence-electron chi connectivity index (χ3n) is 1.40. The van der Waals surface area contributed by atoms with E-state index in [1.807, 2.05) is 13.0 Å². The second-order valence-corrected chi connectivity index (χ2v) is 2.70. The van der Waals surface area contributed by atoms with Gasteiger partial charge in [-0.15, -0.1) is 0 Å². The zero-order valence-corrected chi connectivity index (χ0v) is 7.80. The maximum atomic E-state index is 5.57. The van der Waals surface area contributed by atoms with Crippen molar-refractivity contribution >= 4 is 0 Å². The summed E-state index contributed by atoms with van der Waals surface area (Å²) in [4.78, 5) is 0. The molecule has 0 aliphatic rings. The molecule has 0 atom stereocenters. The van der Waals surface area contributed by atoms with E-state index in [4.69, 9.17) is 5.84 Å². The minimum absolute atomic E-state index is 0.824. The standard InChI is InChI=1S/C10H16N2/c1-6-9(4)7-10(8(2)3)12(5)11/h6-7H,1-2,4,11H2,3,5H3/b10-7-. The molecule has 0 rings (SSSR count). The first-order chi connectivity index (χ1) is 5.49. The van der Waals surface area contributed by atoms with Gasteiger partial charge in [-0.1, -0.05) is 25.8 Å². The Morgan fingerprint density at radius 3 is 2.17 bits per heavy atom. The molecule has 0 saturated carbocycles. The first-order valence-electron chi connectivity index (χ1n) is 3.66. The molecule has 0 radical (unpaired) electrons. The Kier molecular flexibility index (Phi) is 4.08. The third kappa shape index (κ3) is 3.21. The molecule has 0 aromatic heterocycles. The van der Waals surface area contributed by atoms with E-state index < -0.39 is 0 Å². The monoisotopic (exact) mass is 164 g/mol. The number of allylic oxidation sites excluding steroid dienone is 4. The summed E-state index contributed by atoms with van der Waals surface area (Å²) in [7, 11) is 1.76. The number of rotatable bonds is 4. The van der Waals surface area contributed by atoms with Gasteiger partial charge in [0.15, 0.2) is 0 Å². The molecule has 2 nitrogen and oxygen atoms in total. The van der Waals surface area contributed by atoms with Gasteiger partial charge in [-0.05, 0) is 24.1 Å². The quantitative estimate of drug-likeness (QED) is 0.391. The molecule has 0 amide bonds. The lowest BCUT2D eigenvalue weighted by atomic mass is 10.1. The van der Waals surface area contributed by atoms with Gasteiger partial charge in [0, 0.05) is 7.05 Å². The number of likely N-dealkylation sites (N-methyl/N-ethyl adjacent to an activating group) is 1. The SMILES string of the molecule is C=CC(=C)/C=C(/C(=C)C)N(C)N. The van der Waals surface area contributed by atoms with Gasteiger partial charge < -0.3 is 5.01 Å². The molecule has 0 spiro atoms. The Morgan fingerprint density at radius 1 is 1.42 bits per heavy atom. The van der Waals surface area contributed by atoms with Crippen LogP contribution in [0.1, 0.15) is 6.92 Å². The third-order valence-corrected chi connectivity index (χ3v) is 1.40. The molecule has 2 heteroatoms. The van der Waals surface area contributed by atoms with Crippen LogP contribution in [0.3, 0.4) is 0 Å². The van der Waals surface area contributed by atoms with Gasteiger partial charge in [0.2, 0.25) is 0 Å². The van der Waals surface area contributed by atoms with Crippen LogP contribution in [0.4, 0.5) is 0 Å². The Balaban J connectivity index is 4.73. The molecule has 2 N–H and O–H groups in total. The molecule has 0 heterocycles. The van der Waals surface area contributed by atoms with E-state index in [0.29, 0.717) is 0 Å². The summed E-state index contributed by atoms with van der Waals surface area (Å²) in [6, 6.07) is 0. The topological polar surface area (TPSA) is 29.3 Å². The highest BCUT2D eigenvalue weighted by Crippen LogP contribution is 2.10. The smallest absolute Gasteiger partial charge is 0.0542 e. The number of nitrogens with zero attached hydrogens (tertiary/aromatic N) is 1. The molecule has 0 aromatic rings. The Labute approximate surface area is 74.3 Å². The summed E-state index contributed by atoms with van der Waals surface area (Å²) < 4.78 is 0. The van der Waals surface area contributed by atoms with Crippen molar-refractivity contribution in [3.05, 3.63) is 48.7 Å². The van der Waals surface area contributed by atoms with E-state index in [-0.39, 0.29) is 0 Å². The van der Waals surface area contributed by atoms with Crippen molar-refractivity contribution in [1.82, 2.24) is 5.01 Å². The fraction of sp³-hybridized carbons (Fsp3) is 0.200. The summed E-state index contributed by atoms with van der Waals surface area (Å²) >= 11 is 0. The first-order valence-corrected chi connectivity index (χ1v) is 3.66. The maximum absolute atomic E-state index is 5.57. The van der Waals surface area contributed by atoms with Crippen LogP contribution in [0.2, 0.25) is 0 Å². The zero-order valence-electron chi connectivity index (χ0n) is 7.80. The van der Waals surface area contributed by atoms with Crippen LogP contribution in [0, 0.1) is 0 Å². The summed E-state index contributed by atoms with van der Waals surface area (Å²) in [6.07, 6.45) is 3.52. The Bertz CT molecular complexity index is 234. The second-order valence-electron chi connectivity index (χ2n) is 2.70. The molecule has 0 unspecified atom stereocenters. The lowest BCUT2D eigenvalue weighted by Crippen LogP contribution is -2.25. The van der Waals surface area contributed by atoms with Crippen molar-refractivity contribution < 1.29 is 0 Å². The molecule has 66 valence electrons. The minimum atomic E-state index is 0.824. The molecule has 0 aliphatic heterocycles. The van der Waals surface area contributed by atoms with Gasteiger partial charge in [-0.2, -0.15) is 0 Å². The van der Waals surface area contributed by atoms with Crippen LogP contribution in [-0.2, 0) is 0 Å². The van der Waals surface area contributed by atoms with E-state index in [1.54, 1.807) is 13.1 Å². The van der Waals surface area contributed by atoms with Crippen LogP contribution in [0.15, 0.2) is 48.7 Å². The largest absolute Gasteiger partial charge is 0.314 e. The van der Waals surface area contributed by atoms with E-state index >= 15 is 0 Å². The molecule has 0 bridgehead atoms. The summed E-state index contributed by atoms with van der Waals surface area (Å²) in [5.41, 5.74) is 2.59. The number of hydrogen-bond donors (Lipinski definition) is 1. The van der Waals surface area contributed by atoms with Crippen LogP contribution < -0.4 is 5.84 Å². The lowest BCUT2D eigenvalue weighted by molar-refractivity contribution is 0.449. The number of nitrogens with two attached hydrogens (primary N) is 1. The highest BCUT2D eigenvalue weighted by molar-refractivity contribution is 5.36. The van der Waals surface area contributed by atoms with E-state index in [0.717, 1.165) is 16.8 Å². The van der Waals surface area contributed by atoms with Crippen molar-refractivity contribution in [2.45, 2.75) is 6.92 Å². The van der Waals surface area contributed by atoms with Crippen molar-refractivity contribution in [3.63, 3.8) is 0 Å². The van der Waals surface area contributed by atoms with Gasteiger partial charge in [0.05, 0.1) is 5.70 Å². The second kappa shape index (κ2) is 4.57. The highest BCUT2D eigenvalue weighted by Gasteiger charge is 1.99. The van der Waals surface area contributed by atoms with Crippen molar-refractivity contribution in [2.24, 2.45) is 5.84 Å².